The van der Waals surface area contributed by atoms with Crippen LogP contribution in [0.15, 0.2) is 35.7 Å². The Hall–Kier alpha value is -1.17. The molecule has 1 aliphatic heterocycles. The molecule has 0 atom stereocenters. The van der Waals surface area contributed by atoms with Crippen LogP contribution in [0.4, 0.5) is 0 Å². The van der Waals surface area contributed by atoms with Gasteiger partial charge >= 0.3 is 0 Å². The molecule has 0 N–H and O–H groups in total. The van der Waals surface area contributed by atoms with Crippen LogP contribution >= 0.6 is 23.2 Å². The average molecular weight is 362 g/mol. The number of sulfonamides is 1. The topological polar surface area (TPSA) is 46.6 Å². The zero-order valence-corrected chi connectivity index (χ0v) is 14.7. The highest BCUT2D eigenvalue weighted by molar-refractivity contribution is 7.88. The molecule has 2 rings (SSSR count). The van der Waals surface area contributed by atoms with E-state index in [1.165, 1.54) is 7.05 Å². The highest BCUT2D eigenvalue weighted by atomic mass is 35.5. The predicted molar refractivity (Wildman–Crippen MR) is 90.7 cm³/mol. The third-order valence-corrected chi connectivity index (χ3v) is 4.94. The van der Waals surface area contributed by atoms with E-state index in [-0.39, 0.29) is 0 Å². The molecule has 1 aromatic carbocycles. The first-order chi connectivity index (χ1) is 10.3. The smallest absolute Gasteiger partial charge is 0.234 e. The summed E-state index contributed by atoms with van der Waals surface area (Å²) >= 11 is 11.7. The van der Waals surface area contributed by atoms with E-state index >= 15 is 0 Å². The molecule has 0 amide bonds. The van der Waals surface area contributed by atoms with Crippen molar-refractivity contribution in [3.05, 3.63) is 46.3 Å². The van der Waals surface area contributed by atoms with Crippen LogP contribution in [0.3, 0.4) is 0 Å². The molecule has 0 aromatic heterocycles. The number of benzene rings is 1. The molecular formula is C15H17Cl2NO3S. The summed E-state index contributed by atoms with van der Waals surface area (Å²) in [5, 5.41) is 0.592. The molecule has 22 heavy (non-hydrogen) atoms. The van der Waals surface area contributed by atoms with Crippen LogP contribution in [0.25, 0.3) is 6.08 Å². The molecule has 0 spiro atoms. The van der Waals surface area contributed by atoms with Crippen molar-refractivity contribution in [2.24, 2.45) is 0 Å². The van der Waals surface area contributed by atoms with Gasteiger partial charge in [0, 0.05) is 29.1 Å². The van der Waals surface area contributed by atoms with E-state index in [1.807, 2.05) is 12.2 Å². The summed E-state index contributed by atoms with van der Waals surface area (Å²) in [5.41, 5.74) is 1.58. The fraction of sp³-hybridized carbons (Fsp3) is 0.333. The number of hydrogen-bond acceptors (Lipinski definition) is 3. The third-order valence-electron chi connectivity index (χ3n) is 3.28. The summed E-state index contributed by atoms with van der Waals surface area (Å²) < 4.78 is 30.8. The molecular weight excluding hydrogens is 345 g/mol. The highest BCUT2D eigenvalue weighted by Crippen LogP contribution is 2.32. The lowest BCUT2D eigenvalue weighted by atomic mass is 10.1. The van der Waals surface area contributed by atoms with Gasteiger partial charge in [0.15, 0.2) is 0 Å². The normalized spacial score (nSPS) is 14.4. The summed E-state index contributed by atoms with van der Waals surface area (Å²) in [7, 11) is -1.96. The van der Waals surface area contributed by atoms with Gasteiger partial charge in [-0.2, -0.15) is 0 Å². The summed E-state index contributed by atoms with van der Waals surface area (Å²) in [6, 6.07) is 5.20. The van der Waals surface area contributed by atoms with Crippen LogP contribution in [0.1, 0.15) is 18.4 Å². The van der Waals surface area contributed by atoms with Crippen molar-refractivity contribution < 1.29 is 13.2 Å². The fourth-order valence-corrected chi connectivity index (χ4v) is 2.81. The molecule has 4 nitrogen and oxygen atoms in total. The van der Waals surface area contributed by atoms with Crippen molar-refractivity contribution in [2.75, 3.05) is 19.2 Å². The maximum Gasteiger partial charge on any atom is 0.234 e. The maximum atomic E-state index is 11.9. The Balaban J connectivity index is 2.49. The van der Waals surface area contributed by atoms with Crippen LogP contribution in [-0.2, 0) is 10.0 Å². The van der Waals surface area contributed by atoms with E-state index in [0.717, 1.165) is 28.1 Å². The van der Waals surface area contributed by atoms with Crippen LogP contribution in [0.2, 0.25) is 5.02 Å². The van der Waals surface area contributed by atoms with E-state index < -0.39 is 10.0 Å². The largest absolute Gasteiger partial charge is 0.439 e. The number of rotatable bonds is 5. The van der Waals surface area contributed by atoms with Crippen LogP contribution in [0.5, 0.6) is 5.75 Å². The van der Waals surface area contributed by atoms with Gasteiger partial charge in [-0.25, -0.2) is 12.7 Å². The minimum atomic E-state index is -3.43. The lowest BCUT2D eigenvalue weighted by Crippen LogP contribution is -2.29. The molecule has 0 aliphatic carbocycles. The third kappa shape index (κ3) is 3.97. The molecule has 120 valence electrons. The number of fused-ring (bicyclic) bond motifs is 1. The monoisotopic (exact) mass is 361 g/mol. The van der Waals surface area contributed by atoms with Gasteiger partial charge in [0.05, 0.1) is 6.26 Å². The summed E-state index contributed by atoms with van der Waals surface area (Å²) in [6.07, 6.45) is 6.21. The molecule has 0 saturated carbocycles. The lowest BCUT2D eigenvalue weighted by molar-refractivity contribution is 0.317. The number of allylic oxidation sites excluding steroid dienone is 2. The van der Waals surface area contributed by atoms with Crippen LogP contribution in [-0.4, -0.2) is 31.9 Å². The molecule has 0 fully saturated rings. The standard InChI is InChI=1S/C15H17Cl2NO3S/c1-18(22(2,19)20)15-11(4-3-9-16)5-6-12-10-13(17)7-8-14(12)21-15/h5-8,10H,3-4,9H2,1-2H3. The number of hydrogen-bond donors (Lipinski definition) is 0. The van der Waals surface area contributed by atoms with E-state index in [0.29, 0.717) is 29.0 Å². The zero-order valence-electron chi connectivity index (χ0n) is 12.3. The maximum absolute atomic E-state index is 11.9. The molecule has 7 heteroatoms. The Labute approximate surface area is 141 Å². The van der Waals surface area contributed by atoms with Crippen LogP contribution in [0, 0.1) is 0 Å². The first-order valence-electron chi connectivity index (χ1n) is 6.71. The van der Waals surface area contributed by atoms with Crippen molar-refractivity contribution >= 4 is 39.3 Å². The van der Waals surface area contributed by atoms with Gasteiger partial charge in [-0.3, -0.25) is 0 Å². The fourth-order valence-electron chi connectivity index (χ4n) is 2.04. The van der Waals surface area contributed by atoms with Crippen molar-refractivity contribution in [1.82, 2.24) is 4.31 Å². The summed E-state index contributed by atoms with van der Waals surface area (Å²) in [6.45, 7) is 0. The second-order valence-corrected chi connectivity index (χ2v) is 7.80. The van der Waals surface area contributed by atoms with Crippen molar-refractivity contribution in [1.29, 1.82) is 0 Å². The minimum absolute atomic E-state index is 0.296. The zero-order chi connectivity index (χ0) is 16.3. The average Bonchev–Trinajstić information content (AvgIpc) is 2.62. The van der Waals surface area contributed by atoms with Gasteiger partial charge in [0.2, 0.25) is 15.9 Å². The minimum Gasteiger partial charge on any atom is -0.439 e. The second kappa shape index (κ2) is 6.94. The summed E-state index contributed by atoms with van der Waals surface area (Å²) in [5.74, 6) is 1.35. The number of halogens is 2. The SMILES string of the molecule is CN(C1=C(CCCCl)C=Cc2cc(Cl)ccc2O1)S(C)(=O)=O. The van der Waals surface area contributed by atoms with Gasteiger partial charge in [-0.05, 0) is 31.0 Å². The van der Waals surface area contributed by atoms with E-state index in [4.69, 9.17) is 27.9 Å². The van der Waals surface area contributed by atoms with Gasteiger partial charge in [-0.15, -0.1) is 11.6 Å². The quantitative estimate of drug-likeness (QED) is 0.747. The molecule has 0 bridgehead atoms. The number of ether oxygens (including phenoxy) is 1. The number of alkyl halides is 1. The van der Waals surface area contributed by atoms with E-state index in [2.05, 4.69) is 0 Å². The molecule has 1 aliphatic rings. The molecule has 1 aromatic rings. The predicted octanol–water partition coefficient (Wildman–Crippen LogP) is 3.87. The first-order valence-corrected chi connectivity index (χ1v) is 9.47. The Morgan fingerprint density at radius 3 is 2.64 bits per heavy atom. The Morgan fingerprint density at radius 1 is 1.27 bits per heavy atom. The highest BCUT2D eigenvalue weighted by Gasteiger charge is 2.23. The van der Waals surface area contributed by atoms with Gasteiger partial charge in [0.25, 0.3) is 0 Å². The van der Waals surface area contributed by atoms with E-state index in [9.17, 15) is 8.42 Å². The first kappa shape index (κ1) is 17.2. The number of nitrogens with zero attached hydrogens (tertiary/aromatic N) is 1. The Morgan fingerprint density at radius 2 is 2.00 bits per heavy atom. The summed E-state index contributed by atoms with van der Waals surface area (Å²) in [4.78, 5) is 0. The van der Waals surface area contributed by atoms with Crippen LogP contribution < -0.4 is 4.74 Å². The lowest BCUT2D eigenvalue weighted by Gasteiger charge is -2.22. The van der Waals surface area contributed by atoms with Crippen molar-refractivity contribution in [3.63, 3.8) is 0 Å². The van der Waals surface area contributed by atoms with Gasteiger partial charge in [0.1, 0.15) is 5.75 Å². The Kier molecular flexibility index (Phi) is 5.42. The van der Waals surface area contributed by atoms with Crippen molar-refractivity contribution in [2.45, 2.75) is 12.8 Å². The molecule has 1 heterocycles. The molecule has 0 saturated heterocycles. The molecule has 0 unspecified atom stereocenters. The van der Waals surface area contributed by atoms with Gasteiger partial charge < -0.3 is 4.74 Å². The van der Waals surface area contributed by atoms with Crippen molar-refractivity contribution in [3.8, 4) is 5.75 Å². The molecule has 0 radical (unpaired) electrons. The Bertz CT molecular complexity index is 726. The van der Waals surface area contributed by atoms with E-state index in [1.54, 1.807) is 18.2 Å². The second-order valence-electron chi connectivity index (χ2n) is 4.97. The van der Waals surface area contributed by atoms with Gasteiger partial charge in [-0.1, -0.05) is 23.8 Å².